The minimum absolute atomic E-state index is 0.0563. The SMILES string of the molecule is Cc1ccc(S(C)(=O)=O)cc1C(=O)NNc1c(Cl)cc(Cl)cc1Cl. The summed E-state index contributed by atoms with van der Waals surface area (Å²) in [7, 11) is -3.42. The van der Waals surface area contributed by atoms with Crippen LogP contribution in [0.1, 0.15) is 15.9 Å². The van der Waals surface area contributed by atoms with E-state index in [0.29, 0.717) is 10.6 Å². The topological polar surface area (TPSA) is 75.3 Å². The van der Waals surface area contributed by atoms with Crippen molar-refractivity contribution in [3.63, 3.8) is 0 Å². The standard InChI is InChI=1S/C15H13Cl3N2O3S/c1-8-3-4-10(24(2,22)23)7-11(8)15(21)20-19-14-12(17)5-9(16)6-13(14)18/h3-7,19H,1-2H3,(H,20,21). The van der Waals surface area contributed by atoms with Gasteiger partial charge in [0.1, 0.15) is 0 Å². The van der Waals surface area contributed by atoms with Crippen molar-refractivity contribution in [3.05, 3.63) is 56.5 Å². The summed E-state index contributed by atoms with van der Waals surface area (Å²) in [5, 5.41) is 0.822. The van der Waals surface area contributed by atoms with Gasteiger partial charge in [-0.05, 0) is 36.8 Å². The zero-order valence-electron chi connectivity index (χ0n) is 12.7. The molecule has 2 aromatic rings. The van der Waals surface area contributed by atoms with E-state index in [1.54, 1.807) is 13.0 Å². The third kappa shape index (κ3) is 4.33. The van der Waals surface area contributed by atoms with Gasteiger partial charge in [0.15, 0.2) is 9.84 Å². The summed E-state index contributed by atoms with van der Waals surface area (Å²) in [6, 6.07) is 7.26. The number of hydrogen-bond donors (Lipinski definition) is 2. The minimum Gasteiger partial charge on any atom is -0.295 e. The van der Waals surface area contributed by atoms with Crippen molar-refractivity contribution in [1.82, 2.24) is 5.43 Å². The van der Waals surface area contributed by atoms with E-state index in [9.17, 15) is 13.2 Å². The molecule has 2 aromatic carbocycles. The third-order valence-corrected chi connectivity index (χ3v) is 5.11. The monoisotopic (exact) mass is 406 g/mol. The molecule has 0 bridgehead atoms. The fourth-order valence-corrected chi connectivity index (χ4v) is 3.48. The smallest absolute Gasteiger partial charge is 0.269 e. The van der Waals surface area contributed by atoms with E-state index >= 15 is 0 Å². The highest BCUT2D eigenvalue weighted by molar-refractivity contribution is 7.90. The largest absolute Gasteiger partial charge is 0.295 e. The van der Waals surface area contributed by atoms with E-state index in [-0.39, 0.29) is 26.2 Å². The van der Waals surface area contributed by atoms with E-state index in [1.807, 2.05) is 0 Å². The first-order chi connectivity index (χ1) is 11.1. The highest BCUT2D eigenvalue weighted by atomic mass is 35.5. The second-order valence-corrected chi connectivity index (χ2v) is 8.34. The normalized spacial score (nSPS) is 11.2. The summed E-state index contributed by atoms with van der Waals surface area (Å²) in [4.78, 5) is 12.4. The summed E-state index contributed by atoms with van der Waals surface area (Å²) in [6.45, 7) is 1.70. The van der Waals surface area contributed by atoms with Crippen molar-refractivity contribution in [1.29, 1.82) is 0 Å². The quantitative estimate of drug-likeness (QED) is 0.748. The first-order valence-corrected chi connectivity index (χ1v) is 9.63. The van der Waals surface area contributed by atoms with Gasteiger partial charge in [0, 0.05) is 16.8 Å². The third-order valence-electron chi connectivity index (χ3n) is 3.19. The molecule has 0 fully saturated rings. The summed E-state index contributed by atoms with van der Waals surface area (Å²) in [5.41, 5.74) is 6.18. The number of halogens is 3. The number of rotatable bonds is 4. The average Bonchev–Trinajstić information content (AvgIpc) is 2.45. The lowest BCUT2D eigenvalue weighted by atomic mass is 10.1. The summed E-state index contributed by atoms with van der Waals surface area (Å²) in [5.74, 6) is -0.528. The van der Waals surface area contributed by atoms with Gasteiger partial charge in [-0.15, -0.1) is 0 Å². The molecule has 0 atom stereocenters. The average molecular weight is 408 g/mol. The number of hydrogen-bond acceptors (Lipinski definition) is 4. The number of amides is 1. The Morgan fingerprint density at radius 2 is 1.62 bits per heavy atom. The molecule has 9 heteroatoms. The molecule has 0 spiro atoms. The molecule has 0 unspecified atom stereocenters. The molecule has 0 saturated carbocycles. The van der Waals surface area contributed by atoms with Crippen LogP contribution in [0.25, 0.3) is 0 Å². The Balaban J connectivity index is 2.25. The predicted molar refractivity (Wildman–Crippen MR) is 96.8 cm³/mol. The fourth-order valence-electron chi connectivity index (χ4n) is 1.92. The second-order valence-electron chi connectivity index (χ2n) is 5.07. The highest BCUT2D eigenvalue weighted by Crippen LogP contribution is 2.33. The van der Waals surface area contributed by atoms with Crippen molar-refractivity contribution < 1.29 is 13.2 Å². The number of benzene rings is 2. The molecule has 2 rings (SSSR count). The van der Waals surface area contributed by atoms with Crippen molar-refractivity contribution >= 4 is 56.2 Å². The highest BCUT2D eigenvalue weighted by Gasteiger charge is 2.15. The Kier molecular flexibility index (Phi) is 5.65. The molecule has 0 saturated heterocycles. The zero-order chi connectivity index (χ0) is 18.1. The number of carbonyl (C=O) groups is 1. The van der Waals surface area contributed by atoms with Crippen LogP contribution in [0.3, 0.4) is 0 Å². The van der Waals surface area contributed by atoms with E-state index in [4.69, 9.17) is 34.8 Å². The van der Waals surface area contributed by atoms with Crippen LogP contribution >= 0.6 is 34.8 Å². The summed E-state index contributed by atoms with van der Waals surface area (Å²) >= 11 is 17.9. The van der Waals surface area contributed by atoms with Gasteiger partial charge in [-0.3, -0.25) is 15.6 Å². The number of aryl methyl sites for hydroxylation is 1. The van der Waals surface area contributed by atoms with Crippen LogP contribution in [0, 0.1) is 6.92 Å². The van der Waals surface area contributed by atoms with Crippen LogP contribution in [-0.4, -0.2) is 20.6 Å². The van der Waals surface area contributed by atoms with Gasteiger partial charge in [-0.2, -0.15) is 0 Å². The van der Waals surface area contributed by atoms with Crippen molar-refractivity contribution in [2.24, 2.45) is 0 Å². The molecular formula is C15H13Cl3N2O3S. The van der Waals surface area contributed by atoms with Crippen LogP contribution in [0.15, 0.2) is 35.2 Å². The molecule has 0 aliphatic carbocycles. The minimum atomic E-state index is -3.42. The number of hydrazine groups is 1. The zero-order valence-corrected chi connectivity index (χ0v) is 15.7. The Bertz CT molecular complexity index is 891. The Morgan fingerprint density at radius 3 is 2.17 bits per heavy atom. The first kappa shape index (κ1) is 18.9. The van der Waals surface area contributed by atoms with E-state index in [0.717, 1.165) is 6.26 Å². The van der Waals surface area contributed by atoms with E-state index in [2.05, 4.69) is 10.9 Å². The molecule has 0 aliphatic heterocycles. The van der Waals surface area contributed by atoms with Crippen LogP contribution in [0.2, 0.25) is 15.1 Å². The molecular weight excluding hydrogens is 395 g/mol. The van der Waals surface area contributed by atoms with Crippen LogP contribution in [0.5, 0.6) is 0 Å². The Labute approximate surface area is 154 Å². The molecule has 0 aromatic heterocycles. The van der Waals surface area contributed by atoms with Crippen LogP contribution in [0.4, 0.5) is 5.69 Å². The maximum absolute atomic E-state index is 12.3. The fraction of sp³-hybridized carbons (Fsp3) is 0.133. The molecule has 0 aliphatic rings. The van der Waals surface area contributed by atoms with Gasteiger partial charge in [-0.1, -0.05) is 40.9 Å². The van der Waals surface area contributed by atoms with Crippen LogP contribution < -0.4 is 10.9 Å². The number of nitrogens with one attached hydrogen (secondary N) is 2. The van der Waals surface area contributed by atoms with Gasteiger partial charge < -0.3 is 0 Å². The molecule has 1 amide bonds. The molecule has 0 radical (unpaired) electrons. The summed E-state index contributed by atoms with van der Waals surface area (Å²) < 4.78 is 23.2. The molecule has 0 heterocycles. The van der Waals surface area contributed by atoms with Gasteiger partial charge in [-0.25, -0.2) is 8.42 Å². The molecule has 128 valence electrons. The molecule has 5 nitrogen and oxygen atoms in total. The second kappa shape index (κ2) is 7.19. The van der Waals surface area contributed by atoms with Gasteiger partial charge in [0.25, 0.3) is 5.91 Å². The van der Waals surface area contributed by atoms with Gasteiger partial charge >= 0.3 is 0 Å². The number of sulfone groups is 1. The van der Waals surface area contributed by atoms with Crippen molar-refractivity contribution in [2.75, 3.05) is 11.7 Å². The predicted octanol–water partition coefficient (Wildman–Crippen LogP) is 4.12. The van der Waals surface area contributed by atoms with Crippen molar-refractivity contribution in [3.8, 4) is 0 Å². The number of anilines is 1. The molecule has 24 heavy (non-hydrogen) atoms. The lowest BCUT2D eigenvalue weighted by molar-refractivity contribution is 0.0962. The maximum atomic E-state index is 12.3. The van der Waals surface area contributed by atoms with Gasteiger partial charge in [0.05, 0.1) is 20.6 Å². The molecule has 2 N–H and O–H groups in total. The Hall–Kier alpha value is -1.47. The van der Waals surface area contributed by atoms with E-state index < -0.39 is 15.7 Å². The Morgan fingerprint density at radius 1 is 1.04 bits per heavy atom. The van der Waals surface area contributed by atoms with Crippen LogP contribution in [-0.2, 0) is 9.84 Å². The number of carbonyl (C=O) groups excluding carboxylic acids is 1. The van der Waals surface area contributed by atoms with E-state index in [1.165, 1.54) is 24.3 Å². The lowest BCUT2D eigenvalue weighted by Gasteiger charge is -2.13. The van der Waals surface area contributed by atoms with Gasteiger partial charge in [0.2, 0.25) is 0 Å². The lowest BCUT2D eigenvalue weighted by Crippen LogP contribution is -2.30. The summed E-state index contributed by atoms with van der Waals surface area (Å²) in [6.07, 6.45) is 1.07. The first-order valence-electron chi connectivity index (χ1n) is 6.61. The van der Waals surface area contributed by atoms with Crippen molar-refractivity contribution in [2.45, 2.75) is 11.8 Å². The maximum Gasteiger partial charge on any atom is 0.269 e.